The van der Waals surface area contributed by atoms with Gasteiger partial charge >= 0.3 is 0 Å². The molecule has 0 bridgehead atoms. The molecule has 5 nitrogen and oxygen atoms in total. The van der Waals surface area contributed by atoms with Gasteiger partial charge in [0, 0.05) is 25.0 Å². The quantitative estimate of drug-likeness (QED) is 0.591. The lowest BCUT2D eigenvalue weighted by molar-refractivity contribution is 0.594. The van der Waals surface area contributed by atoms with E-state index in [1.807, 2.05) is 6.07 Å². The lowest BCUT2D eigenvalue weighted by Gasteiger charge is -2.11. The van der Waals surface area contributed by atoms with Crippen molar-refractivity contribution in [1.29, 1.82) is 0 Å². The van der Waals surface area contributed by atoms with Gasteiger partial charge in [-0.1, -0.05) is 24.3 Å². The molecule has 23 heavy (non-hydrogen) atoms. The fourth-order valence-corrected chi connectivity index (χ4v) is 3.92. The highest BCUT2D eigenvalue weighted by Gasteiger charge is 2.13. The second-order valence-electron chi connectivity index (χ2n) is 4.89. The van der Waals surface area contributed by atoms with E-state index in [2.05, 4.69) is 27.1 Å². The smallest absolute Gasteiger partial charge is 0.191 e. The first-order valence-corrected chi connectivity index (χ1v) is 9.90. The third-order valence-corrected chi connectivity index (χ3v) is 5.90. The van der Waals surface area contributed by atoms with Gasteiger partial charge in [0.2, 0.25) is 0 Å². The van der Waals surface area contributed by atoms with Gasteiger partial charge in [0.15, 0.2) is 15.8 Å². The van der Waals surface area contributed by atoms with E-state index >= 15 is 0 Å². The van der Waals surface area contributed by atoms with E-state index in [1.165, 1.54) is 4.88 Å². The lowest BCUT2D eigenvalue weighted by Crippen LogP contribution is -2.40. The van der Waals surface area contributed by atoms with Crippen LogP contribution < -0.4 is 10.6 Å². The zero-order valence-electron chi connectivity index (χ0n) is 13.0. The number of benzene rings is 1. The molecule has 0 aliphatic rings. The topological polar surface area (TPSA) is 70.6 Å². The molecule has 0 spiro atoms. The van der Waals surface area contributed by atoms with Crippen molar-refractivity contribution in [2.24, 2.45) is 4.99 Å². The first kappa shape index (κ1) is 17.5. The second-order valence-corrected chi connectivity index (χ2v) is 8.03. The Labute approximate surface area is 141 Å². The highest BCUT2D eigenvalue weighted by molar-refractivity contribution is 7.91. The van der Waals surface area contributed by atoms with Crippen LogP contribution in [0.3, 0.4) is 0 Å². The van der Waals surface area contributed by atoms with Crippen LogP contribution in [0.2, 0.25) is 0 Å². The van der Waals surface area contributed by atoms with Crippen LogP contribution in [0.15, 0.2) is 57.7 Å². The van der Waals surface area contributed by atoms with E-state index in [0.29, 0.717) is 17.4 Å². The van der Waals surface area contributed by atoms with Crippen LogP contribution in [0.4, 0.5) is 0 Å². The molecule has 0 amide bonds. The van der Waals surface area contributed by atoms with Gasteiger partial charge in [0.1, 0.15) is 0 Å². The number of sulfone groups is 1. The number of nitrogens with one attached hydrogen (secondary N) is 2. The molecule has 1 aromatic carbocycles. The molecule has 0 saturated carbocycles. The molecule has 0 unspecified atom stereocenters. The van der Waals surface area contributed by atoms with Crippen molar-refractivity contribution in [3.8, 4) is 0 Å². The van der Waals surface area contributed by atoms with E-state index in [0.717, 1.165) is 13.0 Å². The Bertz CT molecular complexity index is 711. The van der Waals surface area contributed by atoms with Crippen LogP contribution in [0, 0.1) is 0 Å². The largest absolute Gasteiger partial charge is 0.356 e. The average Bonchev–Trinajstić information content (AvgIpc) is 3.07. The fraction of sp³-hybridized carbons (Fsp3) is 0.312. The molecule has 124 valence electrons. The Balaban J connectivity index is 1.75. The van der Waals surface area contributed by atoms with Gasteiger partial charge in [-0.3, -0.25) is 4.99 Å². The Morgan fingerprint density at radius 2 is 1.83 bits per heavy atom. The molecule has 1 aromatic heterocycles. The third-order valence-electron chi connectivity index (χ3n) is 3.23. The Hall–Kier alpha value is -1.86. The minimum atomic E-state index is -3.26. The van der Waals surface area contributed by atoms with Gasteiger partial charge in [0.05, 0.1) is 10.6 Å². The summed E-state index contributed by atoms with van der Waals surface area (Å²) in [4.78, 5) is 5.76. The second kappa shape index (κ2) is 8.69. The minimum absolute atomic E-state index is 0.0304. The van der Waals surface area contributed by atoms with Crippen molar-refractivity contribution in [1.82, 2.24) is 10.6 Å². The van der Waals surface area contributed by atoms with Crippen LogP contribution >= 0.6 is 11.3 Å². The number of hydrogen-bond acceptors (Lipinski definition) is 4. The van der Waals surface area contributed by atoms with Gasteiger partial charge in [0.25, 0.3) is 0 Å². The van der Waals surface area contributed by atoms with Crippen LogP contribution in [-0.2, 0) is 16.3 Å². The molecular weight excluding hydrogens is 330 g/mol. The van der Waals surface area contributed by atoms with Crippen molar-refractivity contribution in [3.63, 3.8) is 0 Å². The summed E-state index contributed by atoms with van der Waals surface area (Å²) in [7, 11) is -1.59. The third kappa shape index (κ3) is 5.69. The molecule has 0 aliphatic heterocycles. The van der Waals surface area contributed by atoms with E-state index in [9.17, 15) is 8.42 Å². The summed E-state index contributed by atoms with van der Waals surface area (Å²) < 4.78 is 24.3. The predicted molar refractivity (Wildman–Crippen MR) is 95.9 cm³/mol. The average molecular weight is 351 g/mol. The summed E-state index contributed by atoms with van der Waals surface area (Å²) in [6.07, 6.45) is 0.917. The van der Waals surface area contributed by atoms with Crippen molar-refractivity contribution in [3.05, 3.63) is 52.7 Å². The van der Waals surface area contributed by atoms with E-state index in [-0.39, 0.29) is 5.75 Å². The first-order chi connectivity index (χ1) is 11.1. The fourth-order valence-electron chi connectivity index (χ4n) is 2.03. The molecule has 0 radical (unpaired) electrons. The number of rotatable bonds is 7. The molecule has 1 heterocycles. The number of guanidine groups is 1. The Kier molecular flexibility index (Phi) is 6.61. The van der Waals surface area contributed by atoms with Crippen molar-refractivity contribution in [2.75, 3.05) is 25.9 Å². The first-order valence-electron chi connectivity index (χ1n) is 7.36. The number of aliphatic imine (C=N–C) groups is 1. The van der Waals surface area contributed by atoms with E-state index in [1.54, 1.807) is 48.7 Å². The molecule has 7 heteroatoms. The zero-order chi connectivity index (χ0) is 16.5. The molecule has 0 aliphatic carbocycles. The summed E-state index contributed by atoms with van der Waals surface area (Å²) in [5, 5.41) is 8.28. The van der Waals surface area contributed by atoms with Gasteiger partial charge in [-0.25, -0.2) is 8.42 Å². The van der Waals surface area contributed by atoms with Crippen LogP contribution in [0.1, 0.15) is 4.88 Å². The maximum absolute atomic E-state index is 12.2. The minimum Gasteiger partial charge on any atom is -0.356 e. The number of hydrogen-bond donors (Lipinski definition) is 2. The molecular formula is C16H21N3O2S2. The van der Waals surface area contributed by atoms with E-state index in [4.69, 9.17) is 0 Å². The van der Waals surface area contributed by atoms with Crippen molar-refractivity contribution >= 4 is 27.1 Å². The SMILES string of the molecule is CN=C(NCCc1cccs1)NCCS(=O)(=O)c1ccccc1. The monoisotopic (exact) mass is 351 g/mol. The summed E-state index contributed by atoms with van der Waals surface area (Å²) in [5.74, 6) is 0.646. The summed E-state index contributed by atoms with van der Waals surface area (Å²) in [6.45, 7) is 1.07. The van der Waals surface area contributed by atoms with Crippen LogP contribution in [0.25, 0.3) is 0 Å². The molecule has 0 saturated heterocycles. The Morgan fingerprint density at radius 1 is 1.09 bits per heavy atom. The molecule has 0 fully saturated rings. The zero-order valence-corrected chi connectivity index (χ0v) is 14.7. The highest BCUT2D eigenvalue weighted by Crippen LogP contribution is 2.09. The maximum Gasteiger partial charge on any atom is 0.191 e. The summed E-state index contributed by atoms with van der Waals surface area (Å²) in [6, 6.07) is 12.6. The normalized spacial score (nSPS) is 12.1. The van der Waals surface area contributed by atoms with Gasteiger partial charge < -0.3 is 10.6 Å². The van der Waals surface area contributed by atoms with Crippen molar-refractivity contribution in [2.45, 2.75) is 11.3 Å². The number of thiophene rings is 1. The van der Waals surface area contributed by atoms with Gasteiger partial charge in [-0.05, 0) is 30.0 Å². The molecule has 0 atom stereocenters. The van der Waals surface area contributed by atoms with Crippen molar-refractivity contribution < 1.29 is 8.42 Å². The lowest BCUT2D eigenvalue weighted by atomic mass is 10.3. The standard InChI is InChI=1S/C16H21N3O2S2/c1-17-16(18-10-9-14-6-5-12-22-14)19-11-13-23(20,21)15-7-3-2-4-8-15/h2-8,12H,9-11,13H2,1H3,(H2,17,18,19). The molecule has 2 aromatic rings. The Morgan fingerprint density at radius 3 is 2.48 bits per heavy atom. The van der Waals surface area contributed by atoms with E-state index < -0.39 is 9.84 Å². The maximum atomic E-state index is 12.2. The summed E-state index contributed by atoms with van der Waals surface area (Å²) >= 11 is 1.72. The summed E-state index contributed by atoms with van der Waals surface area (Å²) in [5.41, 5.74) is 0. The van der Waals surface area contributed by atoms with Crippen LogP contribution in [-0.4, -0.2) is 40.3 Å². The predicted octanol–water partition coefficient (Wildman–Crippen LogP) is 1.93. The highest BCUT2D eigenvalue weighted by atomic mass is 32.2. The van der Waals surface area contributed by atoms with Crippen LogP contribution in [0.5, 0.6) is 0 Å². The molecule has 2 rings (SSSR count). The molecule has 2 N–H and O–H groups in total. The van der Waals surface area contributed by atoms with Gasteiger partial charge in [-0.15, -0.1) is 11.3 Å². The van der Waals surface area contributed by atoms with Gasteiger partial charge in [-0.2, -0.15) is 0 Å². The number of nitrogens with zero attached hydrogens (tertiary/aromatic N) is 1.